The van der Waals surface area contributed by atoms with Crippen LogP contribution >= 0.6 is 23.2 Å². The van der Waals surface area contributed by atoms with Crippen molar-refractivity contribution < 1.29 is 0 Å². The van der Waals surface area contributed by atoms with Gasteiger partial charge in [0.2, 0.25) is 0 Å². The molecule has 6 heteroatoms. The smallest absolute Gasteiger partial charge is 0.145 e. The van der Waals surface area contributed by atoms with Gasteiger partial charge < -0.3 is 5.32 Å². The third-order valence-corrected chi connectivity index (χ3v) is 2.88. The summed E-state index contributed by atoms with van der Waals surface area (Å²) in [6, 6.07) is 1.68. The maximum Gasteiger partial charge on any atom is 0.145 e. The molecular weight excluding hydrogens is 271 g/mol. The second-order valence-corrected chi connectivity index (χ2v) is 4.52. The molecule has 2 aromatic heterocycles. The molecule has 18 heavy (non-hydrogen) atoms. The van der Waals surface area contributed by atoms with Crippen LogP contribution in [0.4, 0.5) is 5.82 Å². The summed E-state index contributed by atoms with van der Waals surface area (Å²) >= 11 is 12.2. The highest BCUT2D eigenvalue weighted by Gasteiger charge is 2.11. The van der Waals surface area contributed by atoms with E-state index in [1.165, 1.54) is 6.33 Å². The van der Waals surface area contributed by atoms with E-state index in [9.17, 15) is 0 Å². The Balaban J connectivity index is 2.42. The van der Waals surface area contributed by atoms with Gasteiger partial charge in [-0.25, -0.2) is 15.0 Å². The molecule has 4 nitrogen and oxygen atoms in total. The van der Waals surface area contributed by atoms with Crippen molar-refractivity contribution in [3.63, 3.8) is 0 Å². The number of anilines is 1. The molecule has 0 aromatic carbocycles. The summed E-state index contributed by atoms with van der Waals surface area (Å²) in [5.74, 6) is 0.627. The molecule has 0 unspecified atom stereocenters. The van der Waals surface area contributed by atoms with Crippen LogP contribution in [0.1, 0.15) is 13.3 Å². The Hall–Kier alpha value is -1.39. The first-order chi connectivity index (χ1) is 8.72. The normalized spacial score (nSPS) is 10.4. The highest BCUT2D eigenvalue weighted by molar-refractivity contribution is 6.37. The van der Waals surface area contributed by atoms with Gasteiger partial charge in [0, 0.05) is 24.5 Å². The van der Waals surface area contributed by atoms with Crippen LogP contribution in [0.15, 0.2) is 24.8 Å². The zero-order valence-corrected chi connectivity index (χ0v) is 11.3. The van der Waals surface area contributed by atoms with Gasteiger partial charge in [-0.3, -0.25) is 0 Å². The van der Waals surface area contributed by atoms with E-state index in [4.69, 9.17) is 23.2 Å². The van der Waals surface area contributed by atoms with Crippen molar-refractivity contribution in [2.75, 3.05) is 11.9 Å². The first-order valence-electron chi connectivity index (χ1n) is 5.57. The Morgan fingerprint density at radius 1 is 1.17 bits per heavy atom. The Labute approximate surface area is 115 Å². The lowest BCUT2D eigenvalue weighted by Gasteiger charge is -2.10. The molecule has 2 heterocycles. The highest BCUT2D eigenvalue weighted by atomic mass is 35.5. The quantitative estimate of drug-likeness (QED) is 0.930. The number of rotatable bonds is 4. The van der Waals surface area contributed by atoms with E-state index in [1.54, 1.807) is 18.5 Å². The van der Waals surface area contributed by atoms with Crippen LogP contribution in [-0.4, -0.2) is 21.5 Å². The third-order valence-electron chi connectivity index (χ3n) is 2.31. The average molecular weight is 283 g/mol. The topological polar surface area (TPSA) is 50.7 Å². The minimum absolute atomic E-state index is 0.483. The van der Waals surface area contributed by atoms with Crippen molar-refractivity contribution in [1.82, 2.24) is 15.0 Å². The highest BCUT2D eigenvalue weighted by Crippen LogP contribution is 2.31. The van der Waals surface area contributed by atoms with E-state index in [0.29, 0.717) is 21.6 Å². The number of nitrogens with zero attached hydrogens (tertiary/aromatic N) is 3. The molecule has 0 aliphatic carbocycles. The van der Waals surface area contributed by atoms with E-state index < -0.39 is 0 Å². The zero-order chi connectivity index (χ0) is 13.0. The molecule has 1 N–H and O–H groups in total. The first kappa shape index (κ1) is 13.1. The fourth-order valence-electron chi connectivity index (χ4n) is 1.46. The Bertz CT molecular complexity index is 531. The van der Waals surface area contributed by atoms with Gasteiger partial charge in [-0.2, -0.15) is 0 Å². The molecule has 0 amide bonds. The van der Waals surface area contributed by atoms with Gasteiger partial charge in [0.1, 0.15) is 12.1 Å². The summed E-state index contributed by atoms with van der Waals surface area (Å²) in [5, 5.41) is 4.15. The number of hydrogen-bond donors (Lipinski definition) is 1. The van der Waals surface area contributed by atoms with Crippen LogP contribution < -0.4 is 5.32 Å². The van der Waals surface area contributed by atoms with Crippen LogP contribution in [0.25, 0.3) is 11.3 Å². The molecule has 2 aromatic rings. The van der Waals surface area contributed by atoms with Gasteiger partial charge in [0.25, 0.3) is 0 Å². The van der Waals surface area contributed by atoms with Crippen molar-refractivity contribution >= 4 is 29.0 Å². The summed E-state index contributed by atoms with van der Waals surface area (Å²) in [6.07, 6.45) is 5.78. The predicted molar refractivity (Wildman–Crippen MR) is 74.1 cm³/mol. The summed E-state index contributed by atoms with van der Waals surface area (Å²) in [6.45, 7) is 2.88. The molecule has 0 radical (unpaired) electrons. The van der Waals surface area contributed by atoms with Crippen molar-refractivity contribution in [3.05, 3.63) is 34.8 Å². The minimum Gasteiger partial charge on any atom is -0.369 e. The Morgan fingerprint density at radius 3 is 2.56 bits per heavy atom. The van der Waals surface area contributed by atoms with E-state index >= 15 is 0 Å². The number of pyridine rings is 1. The van der Waals surface area contributed by atoms with Crippen molar-refractivity contribution in [2.24, 2.45) is 0 Å². The molecule has 0 atom stereocenters. The number of nitrogens with one attached hydrogen (secondary N) is 1. The fraction of sp³-hybridized carbons (Fsp3) is 0.250. The summed E-state index contributed by atoms with van der Waals surface area (Å²) in [5.41, 5.74) is 1.39. The monoisotopic (exact) mass is 282 g/mol. The van der Waals surface area contributed by atoms with Crippen LogP contribution in [0, 0.1) is 0 Å². The van der Waals surface area contributed by atoms with Gasteiger partial charge in [-0.05, 0) is 12.5 Å². The Morgan fingerprint density at radius 2 is 1.89 bits per heavy atom. The average Bonchev–Trinajstić information content (AvgIpc) is 2.39. The molecule has 0 aliphatic heterocycles. The van der Waals surface area contributed by atoms with E-state index in [1.807, 2.05) is 0 Å². The standard InChI is InChI=1S/C12H12Cl2N4/c1-2-3-17-12-10(14)4-9(13)11(18-12)8-5-15-7-16-6-8/h4-7H,2-3H2,1H3,(H,17,18). The number of halogens is 2. The Kier molecular flexibility index (Phi) is 4.33. The molecule has 2 rings (SSSR count). The SMILES string of the molecule is CCCNc1nc(-c2cncnc2)c(Cl)cc1Cl. The van der Waals surface area contributed by atoms with Crippen molar-refractivity contribution in [3.8, 4) is 11.3 Å². The van der Waals surface area contributed by atoms with Gasteiger partial charge in [-0.15, -0.1) is 0 Å². The van der Waals surface area contributed by atoms with Gasteiger partial charge in [-0.1, -0.05) is 30.1 Å². The number of aromatic nitrogens is 3. The van der Waals surface area contributed by atoms with E-state index in [-0.39, 0.29) is 0 Å². The predicted octanol–water partition coefficient (Wildman–Crippen LogP) is 3.67. The second kappa shape index (κ2) is 5.98. The summed E-state index contributed by atoms with van der Waals surface area (Å²) < 4.78 is 0. The van der Waals surface area contributed by atoms with Crippen LogP contribution in [0.5, 0.6) is 0 Å². The molecule has 0 saturated heterocycles. The summed E-state index contributed by atoms with van der Waals surface area (Å²) in [7, 11) is 0. The van der Waals surface area contributed by atoms with Crippen molar-refractivity contribution in [2.45, 2.75) is 13.3 Å². The van der Waals surface area contributed by atoms with Crippen LogP contribution in [-0.2, 0) is 0 Å². The van der Waals surface area contributed by atoms with Crippen LogP contribution in [0.3, 0.4) is 0 Å². The summed E-state index contributed by atoms with van der Waals surface area (Å²) in [4.78, 5) is 12.3. The zero-order valence-electron chi connectivity index (χ0n) is 9.82. The van der Waals surface area contributed by atoms with Gasteiger partial charge >= 0.3 is 0 Å². The lowest BCUT2D eigenvalue weighted by atomic mass is 10.2. The largest absolute Gasteiger partial charge is 0.369 e. The second-order valence-electron chi connectivity index (χ2n) is 3.70. The molecule has 0 bridgehead atoms. The molecular formula is C12H12Cl2N4. The maximum absolute atomic E-state index is 6.14. The molecule has 94 valence electrons. The molecule has 0 aliphatic rings. The lowest BCUT2D eigenvalue weighted by molar-refractivity contribution is 0.969. The van der Waals surface area contributed by atoms with Crippen molar-refractivity contribution in [1.29, 1.82) is 0 Å². The molecule has 0 fully saturated rings. The molecule has 0 saturated carbocycles. The van der Waals surface area contributed by atoms with Crippen LogP contribution in [0.2, 0.25) is 10.0 Å². The third kappa shape index (κ3) is 2.89. The number of hydrogen-bond acceptors (Lipinski definition) is 4. The molecule has 0 spiro atoms. The lowest BCUT2D eigenvalue weighted by Crippen LogP contribution is -2.03. The minimum atomic E-state index is 0.483. The fourth-order valence-corrected chi connectivity index (χ4v) is 1.99. The van der Waals surface area contributed by atoms with E-state index in [0.717, 1.165) is 18.5 Å². The van der Waals surface area contributed by atoms with Gasteiger partial charge in [0.05, 0.1) is 15.7 Å². The first-order valence-corrected chi connectivity index (χ1v) is 6.33. The van der Waals surface area contributed by atoms with E-state index in [2.05, 4.69) is 27.2 Å². The maximum atomic E-state index is 6.14. The van der Waals surface area contributed by atoms with Gasteiger partial charge in [0.15, 0.2) is 0 Å².